The predicted molar refractivity (Wildman–Crippen MR) is 129 cm³/mol. The molecule has 182 valence electrons. The molecule has 0 unspecified atom stereocenters. The summed E-state index contributed by atoms with van der Waals surface area (Å²) in [5, 5.41) is 3.69. The fourth-order valence-electron chi connectivity index (χ4n) is 3.85. The Kier molecular flexibility index (Phi) is 5.71. The first-order valence-corrected chi connectivity index (χ1v) is 12.1. The van der Waals surface area contributed by atoms with Crippen LogP contribution >= 0.6 is 0 Å². The predicted octanol–water partition coefficient (Wildman–Crippen LogP) is 5.80. The van der Waals surface area contributed by atoms with Crippen molar-refractivity contribution in [2.45, 2.75) is 18.0 Å². The molecular weight excluding hydrogens is 491 g/mol. The highest BCUT2D eigenvalue weighted by Crippen LogP contribution is 2.37. The lowest BCUT2D eigenvalue weighted by Crippen LogP contribution is -2.13. The summed E-state index contributed by atoms with van der Waals surface area (Å²) in [6, 6.07) is 16.5. The maximum Gasteiger partial charge on any atom is 0.418 e. The van der Waals surface area contributed by atoms with Gasteiger partial charge in [-0.05, 0) is 67.6 Å². The largest absolute Gasteiger partial charge is 0.418 e. The molecule has 36 heavy (non-hydrogen) atoms. The fraction of sp³-hybridized carbons (Fsp3) is 0.0800. The smallest absolute Gasteiger partial charge is 0.340 e. The second-order valence-electron chi connectivity index (χ2n) is 7.95. The molecule has 11 heteroatoms. The van der Waals surface area contributed by atoms with Crippen molar-refractivity contribution in [3.05, 3.63) is 96.7 Å². The Morgan fingerprint density at radius 1 is 0.917 bits per heavy atom. The molecule has 2 aromatic carbocycles. The number of halogens is 3. The van der Waals surface area contributed by atoms with Crippen LogP contribution in [0.3, 0.4) is 0 Å². The minimum absolute atomic E-state index is 0.125. The second kappa shape index (κ2) is 8.76. The molecule has 1 N–H and O–H groups in total. The molecule has 5 rings (SSSR count). The lowest BCUT2D eigenvalue weighted by molar-refractivity contribution is -0.137. The van der Waals surface area contributed by atoms with Gasteiger partial charge in [-0.25, -0.2) is 22.4 Å². The van der Waals surface area contributed by atoms with Gasteiger partial charge in [-0.2, -0.15) is 13.2 Å². The van der Waals surface area contributed by atoms with Crippen LogP contribution in [0, 0.1) is 6.92 Å². The first kappa shape index (κ1) is 23.5. The van der Waals surface area contributed by atoms with Crippen LogP contribution in [0.4, 0.5) is 24.7 Å². The van der Waals surface area contributed by atoms with Gasteiger partial charge in [-0.1, -0.05) is 6.07 Å². The first-order valence-electron chi connectivity index (χ1n) is 10.7. The number of alkyl halides is 3. The zero-order valence-electron chi connectivity index (χ0n) is 18.7. The van der Waals surface area contributed by atoms with Gasteiger partial charge >= 0.3 is 6.18 Å². The lowest BCUT2D eigenvalue weighted by atomic mass is 10.0. The summed E-state index contributed by atoms with van der Waals surface area (Å²) in [7, 11) is -3.72. The van der Waals surface area contributed by atoms with Crippen LogP contribution < -0.4 is 5.32 Å². The Hall–Kier alpha value is -4.25. The molecule has 3 heterocycles. The van der Waals surface area contributed by atoms with Gasteiger partial charge in [0.1, 0.15) is 12.1 Å². The Labute approximate surface area is 204 Å². The highest BCUT2D eigenvalue weighted by molar-refractivity contribution is 7.90. The van der Waals surface area contributed by atoms with Crippen molar-refractivity contribution in [3.63, 3.8) is 0 Å². The molecule has 0 saturated heterocycles. The fourth-order valence-corrected chi connectivity index (χ4v) is 5.23. The highest BCUT2D eigenvalue weighted by atomic mass is 32.2. The van der Waals surface area contributed by atoms with Crippen LogP contribution in [0.5, 0.6) is 0 Å². The maximum atomic E-state index is 13.4. The van der Waals surface area contributed by atoms with E-state index in [1.165, 1.54) is 53.0 Å². The number of nitrogens with zero attached hydrogens (tertiary/aromatic N) is 4. The normalized spacial score (nSPS) is 12.1. The van der Waals surface area contributed by atoms with E-state index in [0.29, 0.717) is 28.1 Å². The molecule has 0 bridgehead atoms. The van der Waals surface area contributed by atoms with Gasteiger partial charge in [0.2, 0.25) is 0 Å². The van der Waals surface area contributed by atoms with Crippen molar-refractivity contribution in [1.82, 2.24) is 18.9 Å². The molecule has 0 saturated carbocycles. The molecule has 0 atom stereocenters. The van der Waals surface area contributed by atoms with E-state index in [2.05, 4.69) is 20.3 Å². The Bertz CT molecular complexity index is 1680. The van der Waals surface area contributed by atoms with Crippen LogP contribution in [0.25, 0.3) is 22.2 Å². The highest BCUT2D eigenvalue weighted by Gasteiger charge is 2.34. The SMILES string of the molecule is Cc1cccn1S(=O)(=O)c1ccc(Nc2ncnc3cc(-c4ncccc4C(F)(F)F)ccc23)cc1. The average Bonchev–Trinajstić information content (AvgIpc) is 3.30. The zero-order valence-corrected chi connectivity index (χ0v) is 19.5. The number of nitrogens with one attached hydrogen (secondary N) is 1. The number of fused-ring (bicyclic) bond motifs is 1. The number of anilines is 2. The van der Waals surface area contributed by atoms with Crippen LogP contribution in [0.2, 0.25) is 0 Å². The molecule has 0 aliphatic carbocycles. The molecule has 0 fully saturated rings. The second-order valence-corrected chi connectivity index (χ2v) is 9.77. The maximum absolute atomic E-state index is 13.4. The summed E-state index contributed by atoms with van der Waals surface area (Å²) in [6.07, 6.45) is -0.453. The van der Waals surface area contributed by atoms with Crippen molar-refractivity contribution < 1.29 is 21.6 Å². The summed E-state index contributed by atoms with van der Waals surface area (Å²) < 4.78 is 67.2. The topological polar surface area (TPSA) is 89.8 Å². The van der Waals surface area contributed by atoms with E-state index < -0.39 is 21.8 Å². The summed E-state index contributed by atoms with van der Waals surface area (Å²) in [5.41, 5.74) is 0.848. The minimum atomic E-state index is -4.55. The average molecular weight is 510 g/mol. The van der Waals surface area contributed by atoms with E-state index in [-0.39, 0.29) is 16.2 Å². The number of aromatic nitrogens is 4. The minimum Gasteiger partial charge on any atom is -0.340 e. The van der Waals surface area contributed by atoms with Gasteiger partial charge in [-0.15, -0.1) is 0 Å². The van der Waals surface area contributed by atoms with E-state index in [1.54, 1.807) is 37.3 Å². The molecule has 0 radical (unpaired) electrons. The van der Waals surface area contributed by atoms with Crippen molar-refractivity contribution >= 4 is 32.4 Å². The number of pyridine rings is 1. The number of rotatable bonds is 5. The van der Waals surface area contributed by atoms with E-state index in [1.807, 2.05) is 0 Å². The van der Waals surface area contributed by atoms with Gasteiger partial charge < -0.3 is 5.32 Å². The Morgan fingerprint density at radius 3 is 2.39 bits per heavy atom. The third-order valence-corrected chi connectivity index (χ3v) is 7.40. The van der Waals surface area contributed by atoms with Gasteiger partial charge in [0.05, 0.1) is 21.7 Å². The summed E-state index contributed by atoms with van der Waals surface area (Å²) in [6.45, 7) is 1.71. The van der Waals surface area contributed by atoms with Gasteiger partial charge in [0, 0.05) is 34.7 Å². The first-order chi connectivity index (χ1) is 17.1. The molecule has 0 aliphatic rings. The summed E-state index contributed by atoms with van der Waals surface area (Å²) >= 11 is 0. The van der Waals surface area contributed by atoms with Crippen molar-refractivity contribution in [3.8, 4) is 11.3 Å². The van der Waals surface area contributed by atoms with Crippen molar-refractivity contribution in [2.24, 2.45) is 0 Å². The van der Waals surface area contributed by atoms with E-state index >= 15 is 0 Å². The van der Waals surface area contributed by atoms with Gasteiger partial charge in [-0.3, -0.25) is 4.98 Å². The molecule has 3 aromatic heterocycles. The number of aryl methyl sites for hydroxylation is 1. The molecule has 0 spiro atoms. The quantitative estimate of drug-likeness (QED) is 0.322. The molecule has 5 aromatic rings. The van der Waals surface area contributed by atoms with Gasteiger partial charge in [0.25, 0.3) is 10.0 Å². The van der Waals surface area contributed by atoms with Crippen LogP contribution in [0.15, 0.2) is 90.3 Å². The molecule has 7 nitrogen and oxygen atoms in total. The van der Waals surface area contributed by atoms with Gasteiger partial charge in [0.15, 0.2) is 0 Å². The van der Waals surface area contributed by atoms with Crippen LogP contribution in [-0.4, -0.2) is 27.3 Å². The molecule has 0 aliphatic heterocycles. The Balaban J connectivity index is 1.46. The third kappa shape index (κ3) is 4.29. The summed E-state index contributed by atoms with van der Waals surface area (Å²) in [5.74, 6) is 0.417. The molecule has 0 amide bonds. The standard InChI is InChI=1S/C25H18F3N5O2S/c1-16-4-3-13-33(16)36(34,35)19-9-7-18(8-10-19)32-24-20-11-6-17(14-22(20)30-15-31-24)23-21(25(26,27)28)5-2-12-29-23/h2-15H,1H3,(H,30,31,32). The Morgan fingerprint density at radius 2 is 1.69 bits per heavy atom. The zero-order chi connectivity index (χ0) is 25.5. The van der Waals surface area contributed by atoms with Crippen LogP contribution in [0.1, 0.15) is 11.3 Å². The van der Waals surface area contributed by atoms with E-state index in [0.717, 1.165) is 6.07 Å². The lowest BCUT2D eigenvalue weighted by Gasteiger charge is -2.13. The van der Waals surface area contributed by atoms with Crippen LogP contribution in [-0.2, 0) is 16.2 Å². The number of benzene rings is 2. The monoisotopic (exact) mass is 509 g/mol. The summed E-state index contributed by atoms with van der Waals surface area (Å²) in [4.78, 5) is 12.5. The van der Waals surface area contributed by atoms with Crippen molar-refractivity contribution in [1.29, 1.82) is 0 Å². The number of hydrogen-bond donors (Lipinski definition) is 1. The third-order valence-electron chi connectivity index (χ3n) is 5.60. The molecular formula is C25H18F3N5O2S. The van der Waals surface area contributed by atoms with Crippen molar-refractivity contribution in [2.75, 3.05) is 5.32 Å². The van der Waals surface area contributed by atoms with E-state index in [4.69, 9.17) is 0 Å². The number of hydrogen-bond acceptors (Lipinski definition) is 6. The van der Waals surface area contributed by atoms with E-state index in [9.17, 15) is 21.6 Å².